The lowest BCUT2D eigenvalue weighted by Crippen LogP contribution is -2.30. The molecule has 1 aromatic carbocycles. The van der Waals surface area contributed by atoms with Crippen molar-refractivity contribution in [3.63, 3.8) is 0 Å². The molecule has 6 nitrogen and oxygen atoms in total. The molecular weight excluding hydrogens is 272 g/mol. The van der Waals surface area contributed by atoms with Crippen molar-refractivity contribution in [3.05, 3.63) is 33.9 Å². The minimum Gasteiger partial charge on any atom is -0.496 e. The van der Waals surface area contributed by atoms with Crippen molar-refractivity contribution < 1.29 is 14.4 Å². The summed E-state index contributed by atoms with van der Waals surface area (Å²) >= 11 is 0. The van der Waals surface area contributed by atoms with Gasteiger partial charge >= 0.3 is 0 Å². The Bertz CT molecular complexity index is 475. The average molecular weight is 296 g/mol. The third-order valence-corrected chi connectivity index (χ3v) is 3.38. The van der Waals surface area contributed by atoms with Gasteiger partial charge in [-0.15, -0.1) is 0 Å². The van der Waals surface area contributed by atoms with Gasteiger partial charge in [0.25, 0.3) is 5.69 Å². The lowest BCUT2D eigenvalue weighted by Gasteiger charge is -2.24. The number of nitro groups is 1. The van der Waals surface area contributed by atoms with Crippen LogP contribution in [0.5, 0.6) is 5.75 Å². The zero-order valence-corrected chi connectivity index (χ0v) is 13.1. The first kappa shape index (κ1) is 17.4. The molecule has 6 heteroatoms. The van der Waals surface area contributed by atoms with E-state index in [1.807, 2.05) is 0 Å². The predicted molar refractivity (Wildman–Crippen MR) is 81.6 cm³/mol. The van der Waals surface area contributed by atoms with Gasteiger partial charge in [-0.3, -0.25) is 10.1 Å². The number of nitrogens with zero attached hydrogens (tertiary/aromatic N) is 1. The standard InChI is InChI=1S/C15H24N2O4/c1-15(2,7-8-20-3)11-16-10-12-9-13(17(18)19)5-6-14(12)21-4/h5-6,9,16H,7-8,10-11H2,1-4H3. The van der Waals surface area contributed by atoms with E-state index in [0.717, 1.165) is 25.1 Å². The van der Waals surface area contributed by atoms with Crippen LogP contribution in [0.2, 0.25) is 0 Å². The summed E-state index contributed by atoms with van der Waals surface area (Å²) in [5.41, 5.74) is 0.963. The number of benzene rings is 1. The molecule has 0 aliphatic rings. The van der Waals surface area contributed by atoms with E-state index in [0.29, 0.717) is 12.3 Å². The Hall–Kier alpha value is -1.66. The molecule has 118 valence electrons. The van der Waals surface area contributed by atoms with Gasteiger partial charge < -0.3 is 14.8 Å². The first-order chi connectivity index (χ1) is 9.89. The van der Waals surface area contributed by atoms with Crippen LogP contribution in [0.3, 0.4) is 0 Å². The molecule has 1 aromatic rings. The second-order valence-corrected chi connectivity index (χ2v) is 5.76. The first-order valence-corrected chi connectivity index (χ1v) is 6.90. The lowest BCUT2D eigenvalue weighted by atomic mass is 9.89. The molecule has 1 N–H and O–H groups in total. The number of nitro benzene ring substituents is 1. The predicted octanol–water partition coefficient (Wildman–Crippen LogP) is 2.76. The van der Waals surface area contributed by atoms with E-state index in [4.69, 9.17) is 9.47 Å². The molecule has 0 saturated carbocycles. The maximum absolute atomic E-state index is 10.8. The van der Waals surface area contributed by atoms with Crippen LogP contribution in [0.15, 0.2) is 18.2 Å². The van der Waals surface area contributed by atoms with Gasteiger partial charge in [0.05, 0.1) is 12.0 Å². The normalized spacial score (nSPS) is 11.4. The highest BCUT2D eigenvalue weighted by molar-refractivity contribution is 5.43. The number of hydrogen-bond donors (Lipinski definition) is 1. The van der Waals surface area contributed by atoms with Crippen LogP contribution in [0.25, 0.3) is 0 Å². The molecule has 0 fully saturated rings. The topological polar surface area (TPSA) is 73.6 Å². The number of methoxy groups -OCH3 is 2. The van der Waals surface area contributed by atoms with Crippen molar-refractivity contribution >= 4 is 5.69 Å². The molecule has 0 aromatic heterocycles. The summed E-state index contributed by atoms with van der Waals surface area (Å²) in [6, 6.07) is 4.63. The molecule has 0 heterocycles. The van der Waals surface area contributed by atoms with Crippen LogP contribution >= 0.6 is 0 Å². The molecule has 21 heavy (non-hydrogen) atoms. The Labute approximate surface area is 125 Å². The highest BCUT2D eigenvalue weighted by Gasteiger charge is 2.18. The number of nitrogens with one attached hydrogen (secondary N) is 1. The highest BCUT2D eigenvalue weighted by Crippen LogP contribution is 2.24. The number of ether oxygens (including phenoxy) is 2. The molecule has 0 radical (unpaired) electrons. The summed E-state index contributed by atoms with van der Waals surface area (Å²) in [5, 5.41) is 14.2. The highest BCUT2D eigenvalue weighted by atomic mass is 16.6. The van der Waals surface area contributed by atoms with E-state index in [-0.39, 0.29) is 11.1 Å². The summed E-state index contributed by atoms with van der Waals surface area (Å²) in [6.07, 6.45) is 0.947. The number of rotatable bonds is 9. The Balaban J connectivity index is 2.65. The minimum atomic E-state index is -0.397. The molecule has 0 amide bonds. The van der Waals surface area contributed by atoms with Gasteiger partial charge in [-0.1, -0.05) is 13.8 Å². The molecule has 0 spiro atoms. The van der Waals surface area contributed by atoms with Gasteiger partial charge in [-0.05, 0) is 17.9 Å². The fraction of sp³-hybridized carbons (Fsp3) is 0.600. The van der Waals surface area contributed by atoms with Gasteiger partial charge in [0.2, 0.25) is 0 Å². The molecule has 0 bridgehead atoms. The van der Waals surface area contributed by atoms with Crippen LogP contribution in [0.4, 0.5) is 5.69 Å². The Morgan fingerprint density at radius 2 is 2.05 bits per heavy atom. The molecule has 0 unspecified atom stereocenters. The van der Waals surface area contributed by atoms with E-state index >= 15 is 0 Å². The SMILES string of the molecule is COCCC(C)(C)CNCc1cc([N+](=O)[O-])ccc1OC. The van der Waals surface area contributed by atoms with Gasteiger partial charge in [0, 0.05) is 44.5 Å². The van der Waals surface area contributed by atoms with Crippen molar-refractivity contribution in [1.82, 2.24) is 5.32 Å². The average Bonchev–Trinajstić information content (AvgIpc) is 2.44. The van der Waals surface area contributed by atoms with Crippen molar-refractivity contribution in [2.75, 3.05) is 27.4 Å². The van der Waals surface area contributed by atoms with Crippen LogP contribution < -0.4 is 10.1 Å². The zero-order valence-electron chi connectivity index (χ0n) is 13.1. The first-order valence-electron chi connectivity index (χ1n) is 6.90. The van der Waals surface area contributed by atoms with Crippen LogP contribution in [0.1, 0.15) is 25.8 Å². The van der Waals surface area contributed by atoms with Crippen molar-refractivity contribution in [3.8, 4) is 5.75 Å². The summed E-state index contributed by atoms with van der Waals surface area (Å²) in [6.45, 7) is 6.35. The van der Waals surface area contributed by atoms with Gasteiger partial charge in [-0.25, -0.2) is 0 Å². The van der Waals surface area contributed by atoms with E-state index in [1.165, 1.54) is 6.07 Å². The fourth-order valence-corrected chi connectivity index (χ4v) is 2.02. The van der Waals surface area contributed by atoms with Crippen LogP contribution in [-0.4, -0.2) is 32.3 Å². The van der Waals surface area contributed by atoms with E-state index in [9.17, 15) is 10.1 Å². The van der Waals surface area contributed by atoms with Crippen molar-refractivity contribution in [2.24, 2.45) is 5.41 Å². The minimum absolute atomic E-state index is 0.0752. The second kappa shape index (κ2) is 7.95. The lowest BCUT2D eigenvalue weighted by molar-refractivity contribution is -0.384. The summed E-state index contributed by atoms with van der Waals surface area (Å²) in [7, 11) is 3.25. The monoisotopic (exact) mass is 296 g/mol. The van der Waals surface area contributed by atoms with Gasteiger partial charge in [0.1, 0.15) is 5.75 Å². The third-order valence-electron chi connectivity index (χ3n) is 3.38. The summed E-state index contributed by atoms with van der Waals surface area (Å²) < 4.78 is 10.3. The number of non-ortho nitro benzene ring substituents is 1. The molecule has 1 rings (SSSR count). The fourth-order valence-electron chi connectivity index (χ4n) is 2.02. The second-order valence-electron chi connectivity index (χ2n) is 5.76. The van der Waals surface area contributed by atoms with Gasteiger partial charge in [0.15, 0.2) is 0 Å². The molecule has 0 saturated heterocycles. The zero-order chi connectivity index (χ0) is 15.9. The van der Waals surface area contributed by atoms with E-state index in [2.05, 4.69) is 19.2 Å². The van der Waals surface area contributed by atoms with Crippen LogP contribution in [0, 0.1) is 15.5 Å². The third kappa shape index (κ3) is 5.69. The van der Waals surface area contributed by atoms with Crippen molar-refractivity contribution in [1.29, 1.82) is 0 Å². The Morgan fingerprint density at radius 3 is 2.62 bits per heavy atom. The van der Waals surface area contributed by atoms with Crippen molar-refractivity contribution in [2.45, 2.75) is 26.8 Å². The molecule has 0 aliphatic carbocycles. The molecule has 0 aliphatic heterocycles. The van der Waals surface area contributed by atoms with Gasteiger partial charge in [-0.2, -0.15) is 0 Å². The van der Waals surface area contributed by atoms with Crippen LogP contribution in [-0.2, 0) is 11.3 Å². The number of hydrogen-bond acceptors (Lipinski definition) is 5. The smallest absolute Gasteiger partial charge is 0.270 e. The van der Waals surface area contributed by atoms with E-state index in [1.54, 1.807) is 26.4 Å². The van der Waals surface area contributed by atoms with E-state index < -0.39 is 4.92 Å². The maximum atomic E-state index is 10.8. The summed E-state index contributed by atoms with van der Waals surface area (Å²) in [4.78, 5) is 10.4. The molecule has 0 atom stereocenters. The summed E-state index contributed by atoms with van der Waals surface area (Å²) in [5.74, 6) is 0.655. The maximum Gasteiger partial charge on any atom is 0.270 e. The largest absolute Gasteiger partial charge is 0.496 e. The Kier molecular flexibility index (Phi) is 6.58. The molecular formula is C15H24N2O4. The quantitative estimate of drug-likeness (QED) is 0.560. The Morgan fingerprint density at radius 1 is 1.33 bits per heavy atom.